The highest BCUT2D eigenvalue weighted by Gasteiger charge is 2.09. The third-order valence-corrected chi connectivity index (χ3v) is 1.65. The monoisotopic (exact) mass is 270 g/mol. The summed E-state index contributed by atoms with van der Waals surface area (Å²) < 4.78 is -0.278. The molecule has 0 saturated carbocycles. The van der Waals surface area contributed by atoms with Gasteiger partial charge in [0.15, 0.2) is 0 Å². The average molecular weight is 272 g/mol. The number of amides is 1. The number of alkyl halides is 2. The van der Waals surface area contributed by atoms with Crippen LogP contribution in [0.3, 0.4) is 0 Å². The quantitative estimate of drug-likeness (QED) is 0.780. The molecule has 0 heterocycles. The van der Waals surface area contributed by atoms with Crippen molar-refractivity contribution < 1.29 is 4.79 Å². The van der Waals surface area contributed by atoms with E-state index in [0.29, 0.717) is 6.54 Å². The number of hydrogen-bond donors (Lipinski definition) is 1. The highest BCUT2D eigenvalue weighted by molar-refractivity contribution is 9.25. The molecule has 0 unspecified atom stereocenters. The Labute approximate surface area is 78.0 Å². The molecule has 0 fully saturated rings. The highest BCUT2D eigenvalue weighted by Crippen LogP contribution is 2.07. The van der Waals surface area contributed by atoms with Gasteiger partial charge in [0.05, 0.1) is 0 Å². The summed E-state index contributed by atoms with van der Waals surface area (Å²) in [6.45, 7) is 4.59. The number of nitrogens with one attached hydrogen (secondary N) is 1. The molecule has 0 aromatic heterocycles. The van der Waals surface area contributed by atoms with Crippen LogP contribution in [-0.2, 0) is 4.79 Å². The molecule has 2 nitrogen and oxygen atoms in total. The lowest BCUT2D eigenvalue weighted by Crippen LogP contribution is -2.30. The van der Waals surface area contributed by atoms with Crippen molar-refractivity contribution in [3.05, 3.63) is 5.92 Å². The maximum Gasteiger partial charge on any atom is 0.244 e. The Morgan fingerprint density at radius 1 is 1.50 bits per heavy atom. The van der Waals surface area contributed by atoms with Crippen LogP contribution >= 0.6 is 31.9 Å². The van der Waals surface area contributed by atoms with Gasteiger partial charge in [0.2, 0.25) is 5.91 Å². The lowest BCUT2D eigenvalue weighted by atomic mass is 10.2. The molecule has 0 aromatic rings. The van der Waals surface area contributed by atoms with Crippen molar-refractivity contribution >= 4 is 37.8 Å². The molecular formula is C6H10Br2NO. The van der Waals surface area contributed by atoms with Crippen molar-refractivity contribution in [2.45, 2.75) is 17.6 Å². The zero-order valence-electron chi connectivity index (χ0n) is 5.95. The van der Waals surface area contributed by atoms with E-state index in [9.17, 15) is 4.79 Å². The first-order valence-corrected chi connectivity index (χ1v) is 4.72. The molecule has 0 aliphatic rings. The molecule has 0 rings (SSSR count). The van der Waals surface area contributed by atoms with Crippen molar-refractivity contribution in [3.8, 4) is 0 Å². The van der Waals surface area contributed by atoms with Gasteiger partial charge in [0.1, 0.15) is 3.74 Å². The van der Waals surface area contributed by atoms with Crippen molar-refractivity contribution in [2.24, 2.45) is 0 Å². The summed E-state index contributed by atoms with van der Waals surface area (Å²) in [5.41, 5.74) is 0. The van der Waals surface area contributed by atoms with E-state index < -0.39 is 0 Å². The van der Waals surface area contributed by atoms with Crippen molar-refractivity contribution in [1.29, 1.82) is 0 Å². The largest absolute Gasteiger partial charge is 0.354 e. The molecule has 0 aliphatic heterocycles. The third-order valence-electron chi connectivity index (χ3n) is 0.814. The van der Waals surface area contributed by atoms with Crippen molar-refractivity contribution in [1.82, 2.24) is 5.32 Å². The van der Waals surface area contributed by atoms with Gasteiger partial charge in [0, 0.05) is 6.54 Å². The molecule has 0 bridgehead atoms. The molecule has 0 atom stereocenters. The average Bonchev–Trinajstić information content (AvgIpc) is 1.82. The molecule has 59 valence electrons. The van der Waals surface area contributed by atoms with E-state index in [1.165, 1.54) is 5.92 Å². The first-order chi connectivity index (χ1) is 4.54. The van der Waals surface area contributed by atoms with Gasteiger partial charge in [-0.3, -0.25) is 4.79 Å². The van der Waals surface area contributed by atoms with E-state index in [1.54, 1.807) is 0 Å². The van der Waals surface area contributed by atoms with Gasteiger partial charge < -0.3 is 5.32 Å². The summed E-state index contributed by atoms with van der Waals surface area (Å²) in [5, 5.41) is 2.71. The van der Waals surface area contributed by atoms with Gasteiger partial charge in [-0.2, -0.15) is 0 Å². The summed E-state index contributed by atoms with van der Waals surface area (Å²) in [6.07, 6.45) is 0. The maximum absolute atomic E-state index is 10.8. The zero-order chi connectivity index (χ0) is 8.15. The van der Waals surface area contributed by atoms with Gasteiger partial charge >= 0.3 is 0 Å². The molecule has 0 aromatic carbocycles. The van der Waals surface area contributed by atoms with Gasteiger partial charge in [-0.1, -0.05) is 45.7 Å². The number of hydrogen-bond acceptors (Lipinski definition) is 1. The number of rotatable bonds is 3. The second kappa shape index (κ2) is 5.13. The summed E-state index contributed by atoms with van der Waals surface area (Å²) in [7, 11) is 0. The van der Waals surface area contributed by atoms with E-state index in [2.05, 4.69) is 37.2 Å². The Hall–Kier alpha value is 0.430. The van der Waals surface area contributed by atoms with Crippen LogP contribution in [-0.4, -0.2) is 16.2 Å². The molecule has 0 aliphatic carbocycles. The predicted molar refractivity (Wildman–Crippen MR) is 49.2 cm³/mol. The van der Waals surface area contributed by atoms with E-state index in [1.807, 2.05) is 13.8 Å². The summed E-state index contributed by atoms with van der Waals surface area (Å²) in [5.74, 6) is 1.15. The van der Waals surface area contributed by atoms with E-state index in [4.69, 9.17) is 0 Å². The van der Waals surface area contributed by atoms with Crippen LogP contribution in [0.1, 0.15) is 13.8 Å². The fraction of sp³-hybridized carbons (Fsp3) is 0.667. The Morgan fingerprint density at radius 3 is 2.30 bits per heavy atom. The van der Waals surface area contributed by atoms with E-state index in [0.717, 1.165) is 0 Å². The van der Waals surface area contributed by atoms with Crippen LogP contribution in [0, 0.1) is 5.92 Å². The zero-order valence-corrected chi connectivity index (χ0v) is 9.12. The van der Waals surface area contributed by atoms with Crippen LogP contribution < -0.4 is 5.32 Å². The molecule has 0 spiro atoms. The lowest BCUT2D eigenvalue weighted by Gasteiger charge is -2.06. The topological polar surface area (TPSA) is 29.1 Å². The minimum Gasteiger partial charge on any atom is -0.354 e. The first kappa shape index (κ1) is 10.4. The number of halogens is 2. The summed E-state index contributed by atoms with van der Waals surface area (Å²) in [4.78, 5) is 10.8. The van der Waals surface area contributed by atoms with Crippen LogP contribution in [0.2, 0.25) is 0 Å². The van der Waals surface area contributed by atoms with E-state index >= 15 is 0 Å². The minimum atomic E-state index is -0.278. The fourth-order valence-corrected chi connectivity index (χ4v) is 0.665. The fourth-order valence-electron chi connectivity index (χ4n) is 0.341. The molecular weight excluding hydrogens is 262 g/mol. The summed E-state index contributed by atoms with van der Waals surface area (Å²) >= 11 is 6.17. The molecule has 10 heavy (non-hydrogen) atoms. The molecule has 1 amide bonds. The second-order valence-corrected chi connectivity index (χ2v) is 5.29. The van der Waals surface area contributed by atoms with Crippen LogP contribution in [0.25, 0.3) is 0 Å². The minimum absolute atomic E-state index is 0.0406. The number of carbonyl (C=O) groups excluding carboxylic acids is 1. The number of carbonyl (C=O) groups is 1. The van der Waals surface area contributed by atoms with Crippen LogP contribution in [0.5, 0.6) is 0 Å². The van der Waals surface area contributed by atoms with Gasteiger partial charge in [-0.15, -0.1) is 0 Å². The Bertz CT molecular complexity index is 114. The normalized spacial score (nSPS) is 10.6. The van der Waals surface area contributed by atoms with E-state index in [-0.39, 0.29) is 9.64 Å². The smallest absolute Gasteiger partial charge is 0.244 e. The van der Waals surface area contributed by atoms with Gasteiger partial charge in [0.25, 0.3) is 0 Å². The molecule has 0 saturated heterocycles. The predicted octanol–water partition coefficient (Wildman–Crippen LogP) is 1.83. The Morgan fingerprint density at radius 2 is 2.00 bits per heavy atom. The SMILES string of the molecule is C[C](C)CNC(=O)C(Br)Br. The Kier molecular flexibility index (Phi) is 5.35. The van der Waals surface area contributed by atoms with Crippen LogP contribution in [0.4, 0.5) is 0 Å². The molecule has 1 radical (unpaired) electrons. The Balaban J connectivity index is 3.40. The highest BCUT2D eigenvalue weighted by atomic mass is 79.9. The van der Waals surface area contributed by atoms with Crippen LogP contribution in [0.15, 0.2) is 0 Å². The second-order valence-electron chi connectivity index (χ2n) is 2.23. The lowest BCUT2D eigenvalue weighted by molar-refractivity contribution is -0.118. The van der Waals surface area contributed by atoms with Gasteiger partial charge in [-0.05, 0) is 5.92 Å². The maximum atomic E-state index is 10.8. The van der Waals surface area contributed by atoms with Crippen molar-refractivity contribution in [2.75, 3.05) is 6.54 Å². The van der Waals surface area contributed by atoms with Crippen molar-refractivity contribution in [3.63, 3.8) is 0 Å². The first-order valence-electron chi connectivity index (χ1n) is 2.89. The van der Waals surface area contributed by atoms with Gasteiger partial charge in [-0.25, -0.2) is 0 Å². The third kappa shape index (κ3) is 5.23. The standard InChI is InChI=1S/C6H10Br2NO/c1-4(2)3-9-6(10)5(7)8/h5H,3H2,1-2H3,(H,9,10). The summed E-state index contributed by atoms with van der Waals surface area (Å²) in [6, 6.07) is 0. The molecule has 1 N–H and O–H groups in total. The molecule has 4 heteroatoms.